The minimum Gasteiger partial charge on any atom is -0.458 e. The molecule has 0 amide bonds. The fraction of sp³-hybridized carbons (Fsp3) is 0.824. The number of hydrogen-bond acceptors (Lipinski definition) is 5. The highest BCUT2D eigenvalue weighted by atomic mass is 16.7. The van der Waals surface area contributed by atoms with Gasteiger partial charge >= 0.3 is 5.97 Å². The summed E-state index contributed by atoms with van der Waals surface area (Å²) in [5.41, 5.74) is 0.311. The number of hydrogen-bond donors (Lipinski definition) is 1. The molecule has 0 aromatic heterocycles. The maximum atomic E-state index is 11.9. The molecule has 5 nitrogen and oxygen atoms in total. The number of esters is 1. The van der Waals surface area contributed by atoms with Gasteiger partial charge in [0.05, 0.1) is 0 Å². The molecule has 0 spiro atoms. The maximum absolute atomic E-state index is 11.9. The summed E-state index contributed by atoms with van der Waals surface area (Å²) >= 11 is 0. The van der Waals surface area contributed by atoms with Crippen LogP contribution in [0.15, 0.2) is 12.2 Å². The van der Waals surface area contributed by atoms with E-state index in [-0.39, 0.29) is 29.3 Å². The summed E-state index contributed by atoms with van der Waals surface area (Å²) in [4.78, 5) is 11.9. The van der Waals surface area contributed by atoms with Crippen LogP contribution >= 0.6 is 0 Å². The third kappa shape index (κ3) is 2.39. The van der Waals surface area contributed by atoms with Crippen LogP contribution < -0.4 is 0 Å². The zero-order valence-electron chi connectivity index (χ0n) is 13.6. The van der Waals surface area contributed by atoms with Crippen LogP contribution in [0, 0.1) is 23.2 Å². The van der Waals surface area contributed by atoms with Crippen molar-refractivity contribution in [3.05, 3.63) is 12.2 Å². The first-order valence-electron chi connectivity index (χ1n) is 8.21. The van der Waals surface area contributed by atoms with Gasteiger partial charge in [-0.05, 0) is 31.6 Å². The number of carbonyl (C=O) groups excluding carboxylic acids is 1. The molecule has 7 atom stereocenters. The first-order valence-corrected chi connectivity index (χ1v) is 8.21. The summed E-state index contributed by atoms with van der Waals surface area (Å²) in [6.45, 7) is 10.7. The Labute approximate surface area is 131 Å². The fourth-order valence-electron chi connectivity index (χ4n) is 4.67. The van der Waals surface area contributed by atoms with Gasteiger partial charge < -0.3 is 19.3 Å². The predicted octanol–water partition coefficient (Wildman–Crippen LogP) is 2.24. The molecule has 0 unspecified atom stereocenters. The van der Waals surface area contributed by atoms with E-state index in [2.05, 4.69) is 20.4 Å². The van der Waals surface area contributed by atoms with Crippen molar-refractivity contribution in [1.82, 2.24) is 0 Å². The second-order valence-electron chi connectivity index (χ2n) is 7.22. The minimum atomic E-state index is -0.791. The largest absolute Gasteiger partial charge is 0.458 e. The maximum Gasteiger partial charge on any atom is 0.334 e. The van der Waals surface area contributed by atoms with Crippen LogP contribution in [0.25, 0.3) is 0 Å². The van der Waals surface area contributed by atoms with Crippen LogP contribution in [0.1, 0.15) is 40.0 Å². The third-order valence-electron chi connectivity index (χ3n) is 5.81. The van der Waals surface area contributed by atoms with Crippen molar-refractivity contribution >= 4 is 5.97 Å². The summed E-state index contributed by atoms with van der Waals surface area (Å²) in [7, 11) is 0. The summed E-state index contributed by atoms with van der Waals surface area (Å²) in [6, 6.07) is 0. The zero-order valence-corrected chi connectivity index (χ0v) is 13.6. The molecular weight excluding hydrogens is 284 g/mol. The van der Waals surface area contributed by atoms with Gasteiger partial charge in [-0.15, -0.1) is 0 Å². The van der Waals surface area contributed by atoms with E-state index in [9.17, 15) is 9.90 Å². The van der Waals surface area contributed by atoms with E-state index in [0.29, 0.717) is 24.5 Å². The van der Waals surface area contributed by atoms with E-state index in [1.165, 1.54) is 0 Å². The lowest BCUT2D eigenvalue weighted by Crippen LogP contribution is -2.52. The van der Waals surface area contributed by atoms with Gasteiger partial charge in [0.2, 0.25) is 0 Å². The average Bonchev–Trinajstić information content (AvgIpc) is 2.64. The van der Waals surface area contributed by atoms with E-state index in [1.807, 2.05) is 6.92 Å². The van der Waals surface area contributed by atoms with E-state index >= 15 is 0 Å². The molecule has 0 bridgehead atoms. The quantitative estimate of drug-likeness (QED) is 0.626. The van der Waals surface area contributed by atoms with E-state index in [1.54, 1.807) is 0 Å². The molecule has 5 heteroatoms. The van der Waals surface area contributed by atoms with Crippen molar-refractivity contribution in [3.8, 4) is 0 Å². The Bertz CT molecular complexity index is 476. The van der Waals surface area contributed by atoms with Crippen LogP contribution in [-0.2, 0) is 19.0 Å². The number of ether oxygens (including phenoxy) is 3. The molecule has 3 fully saturated rings. The first kappa shape index (κ1) is 16.0. The number of carbonyl (C=O) groups is 1. The highest BCUT2D eigenvalue weighted by Crippen LogP contribution is 2.55. The van der Waals surface area contributed by atoms with E-state index in [4.69, 9.17) is 14.2 Å². The Balaban J connectivity index is 1.95. The molecule has 3 aliphatic rings. The summed E-state index contributed by atoms with van der Waals surface area (Å²) in [5, 5.41) is 10.1. The number of aliphatic hydroxyl groups excluding tert-OH is 1. The lowest BCUT2D eigenvalue weighted by molar-refractivity contribution is -0.318. The van der Waals surface area contributed by atoms with Gasteiger partial charge in [-0.3, -0.25) is 0 Å². The van der Waals surface area contributed by atoms with Gasteiger partial charge in [0, 0.05) is 29.9 Å². The van der Waals surface area contributed by atoms with Gasteiger partial charge in [-0.25, -0.2) is 4.79 Å². The van der Waals surface area contributed by atoms with Crippen LogP contribution in [0.5, 0.6) is 0 Å². The number of aliphatic hydroxyl groups is 1. The molecule has 1 N–H and O–H groups in total. The molecule has 3 rings (SSSR count). The molecule has 0 aromatic rings. The van der Waals surface area contributed by atoms with Crippen LogP contribution in [0.3, 0.4) is 0 Å². The van der Waals surface area contributed by atoms with Gasteiger partial charge in [0.25, 0.3) is 0 Å². The topological polar surface area (TPSA) is 65.0 Å². The predicted molar refractivity (Wildman–Crippen MR) is 79.6 cm³/mol. The van der Waals surface area contributed by atoms with Crippen LogP contribution in [0.2, 0.25) is 0 Å². The molecule has 1 aliphatic carbocycles. The fourth-order valence-corrected chi connectivity index (χ4v) is 4.67. The van der Waals surface area contributed by atoms with Crippen LogP contribution in [-0.4, -0.2) is 36.4 Å². The van der Waals surface area contributed by atoms with Gasteiger partial charge in [-0.2, -0.15) is 0 Å². The smallest absolute Gasteiger partial charge is 0.334 e. The summed E-state index contributed by atoms with van der Waals surface area (Å²) in [5.74, 6) is 0.339. The van der Waals surface area contributed by atoms with Crippen molar-refractivity contribution in [1.29, 1.82) is 0 Å². The van der Waals surface area contributed by atoms with E-state index in [0.717, 1.165) is 12.8 Å². The summed E-state index contributed by atoms with van der Waals surface area (Å²) in [6.07, 6.45) is 0.797. The minimum absolute atomic E-state index is 0.0201. The monoisotopic (exact) mass is 310 g/mol. The molecule has 124 valence electrons. The lowest BCUT2D eigenvalue weighted by atomic mass is 9.65. The molecule has 0 aromatic carbocycles. The molecule has 1 saturated carbocycles. The second kappa shape index (κ2) is 5.62. The Hall–Kier alpha value is -0.910. The third-order valence-corrected chi connectivity index (χ3v) is 5.81. The Kier molecular flexibility index (Phi) is 4.08. The average molecular weight is 310 g/mol. The van der Waals surface area contributed by atoms with Crippen LogP contribution in [0.4, 0.5) is 0 Å². The molecular formula is C17H26O5. The van der Waals surface area contributed by atoms with Crippen molar-refractivity contribution < 1.29 is 24.1 Å². The second-order valence-corrected chi connectivity index (χ2v) is 7.22. The normalized spacial score (nSPS) is 48.4. The molecule has 2 heterocycles. The van der Waals surface area contributed by atoms with Crippen molar-refractivity contribution in [2.45, 2.75) is 58.7 Å². The van der Waals surface area contributed by atoms with E-state index < -0.39 is 12.6 Å². The Morgan fingerprint density at radius 1 is 1.45 bits per heavy atom. The van der Waals surface area contributed by atoms with Gasteiger partial charge in [0.15, 0.2) is 12.6 Å². The summed E-state index contributed by atoms with van der Waals surface area (Å²) < 4.78 is 17.0. The molecule has 2 saturated heterocycles. The Morgan fingerprint density at radius 2 is 2.18 bits per heavy atom. The molecule has 0 radical (unpaired) electrons. The Morgan fingerprint density at radius 3 is 2.86 bits per heavy atom. The lowest BCUT2D eigenvalue weighted by Gasteiger charge is -2.49. The standard InChI is InChI=1S/C17H26O5/c1-5-20-16-17(4)8-11-10(3)15(19)21-13(11)6-9(2)12(17)7-14(18)22-16/h9,11-14,16,18H,3,5-8H2,1-2,4H3/t9-,11-,12-,13+,14+,16-,17-/m0/s1. The first-order chi connectivity index (χ1) is 10.4. The highest BCUT2D eigenvalue weighted by molar-refractivity contribution is 5.90. The number of rotatable bonds is 2. The van der Waals surface area contributed by atoms with Crippen molar-refractivity contribution in [2.24, 2.45) is 23.2 Å². The molecule has 2 aliphatic heterocycles. The highest BCUT2D eigenvalue weighted by Gasteiger charge is 2.56. The van der Waals surface area contributed by atoms with Gasteiger partial charge in [-0.1, -0.05) is 20.4 Å². The number of fused-ring (bicyclic) bond motifs is 2. The zero-order chi connectivity index (χ0) is 16.1. The van der Waals surface area contributed by atoms with Crippen molar-refractivity contribution in [3.63, 3.8) is 0 Å². The SMILES string of the molecule is C=C1C(=O)O[C@@H]2C[C@H](C)[C@@H]3C[C@H](O)O[C@H](OCC)[C@@]3(C)C[C@@H]12. The van der Waals surface area contributed by atoms with Crippen molar-refractivity contribution in [2.75, 3.05) is 6.61 Å². The molecule has 22 heavy (non-hydrogen) atoms. The van der Waals surface area contributed by atoms with Gasteiger partial charge in [0.1, 0.15) is 6.10 Å².